The number of methoxy groups -OCH3 is 1. The van der Waals surface area contributed by atoms with E-state index >= 15 is 0 Å². The molecular weight excluding hydrogens is 350 g/mol. The number of aryl methyl sites for hydroxylation is 2. The molecule has 2 rings (SSSR count). The first-order chi connectivity index (χ1) is 9.97. The number of halogens is 2. The molecule has 4 heteroatoms. The highest BCUT2D eigenvalue weighted by molar-refractivity contribution is 9.10. The van der Waals surface area contributed by atoms with E-state index in [2.05, 4.69) is 47.2 Å². The smallest absolute Gasteiger partial charge is 0.137 e. The third-order valence-electron chi connectivity index (χ3n) is 3.59. The van der Waals surface area contributed by atoms with E-state index in [9.17, 15) is 0 Å². The molecule has 1 N–H and O–H groups in total. The van der Waals surface area contributed by atoms with Crippen molar-refractivity contribution >= 4 is 27.5 Å². The summed E-state index contributed by atoms with van der Waals surface area (Å²) >= 11 is 9.72. The molecule has 112 valence electrons. The van der Waals surface area contributed by atoms with Crippen LogP contribution in [-0.2, 0) is 0 Å². The minimum Gasteiger partial charge on any atom is -0.495 e. The Hall–Kier alpha value is -1.03. The van der Waals surface area contributed by atoms with Gasteiger partial charge < -0.3 is 10.1 Å². The number of rotatable bonds is 4. The van der Waals surface area contributed by atoms with E-state index < -0.39 is 0 Å². The van der Waals surface area contributed by atoms with E-state index in [1.165, 1.54) is 16.7 Å². The Labute approximate surface area is 139 Å². The van der Waals surface area contributed by atoms with Crippen molar-refractivity contribution in [3.8, 4) is 5.75 Å². The summed E-state index contributed by atoms with van der Waals surface area (Å²) in [4.78, 5) is 0. The molecule has 0 saturated heterocycles. The number of benzene rings is 2. The molecule has 1 atom stereocenters. The summed E-state index contributed by atoms with van der Waals surface area (Å²) in [5, 5.41) is 3.99. The van der Waals surface area contributed by atoms with Crippen molar-refractivity contribution in [3.63, 3.8) is 0 Å². The highest BCUT2D eigenvalue weighted by Gasteiger charge is 2.16. The fraction of sp³-hybridized carbons (Fsp3) is 0.294. The van der Waals surface area contributed by atoms with E-state index in [1.54, 1.807) is 7.11 Å². The van der Waals surface area contributed by atoms with Gasteiger partial charge in [0.05, 0.1) is 18.2 Å². The van der Waals surface area contributed by atoms with Gasteiger partial charge in [0.15, 0.2) is 0 Å². The molecular formula is C17H19BrClNO. The molecule has 2 aromatic carbocycles. The minimum atomic E-state index is 0.0988. The normalized spacial score (nSPS) is 12.3. The molecule has 0 bridgehead atoms. The maximum absolute atomic E-state index is 6.11. The lowest BCUT2D eigenvalue weighted by Gasteiger charge is -2.20. The van der Waals surface area contributed by atoms with Crippen LogP contribution in [0.5, 0.6) is 5.75 Å². The SMILES string of the molecule is CNC(c1cc(C)c(Br)c(C)c1)c1ccc(Cl)c(OC)c1. The molecule has 0 fully saturated rings. The molecule has 0 aliphatic carbocycles. The van der Waals surface area contributed by atoms with Crippen LogP contribution in [0, 0.1) is 13.8 Å². The maximum atomic E-state index is 6.11. The Bertz CT molecular complexity index is 634. The van der Waals surface area contributed by atoms with Crippen LogP contribution in [-0.4, -0.2) is 14.2 Å². The molecule has 0 aromatic heterocycles. The topological polar surface area (TPSA) is 21.3 Å². The number of hydrogen-bond acceptors (Lipinski definition) is 2. The lowest BCUT2D eigenvalue weighted by atomic mass is 9.95. The predicted molar refractivity (Wildman–Crippen MR) is 92.5 cm³/mol. The van der Waals surface area contributed by atoms with Crippen molar-refractivity contribution in [2.24, 2.45) is 0 Å². The lowest BCUT2D eigenvalue weighted by molar-refractivity contribution is 0.414. The number of ether oxygens (including phenoxy) is 1. The average Bonchev–Trinajstić information content (AvgIpc) is 2.47. The van der Waals surface area contributed by atoms with Crippen LogP contribution in [0.3, 0.4) is 0 Å². The van der Waals surface area contributed by atoms with Gasteiger partial charge in [0.25, 0.3) is 0 Å². The van der Waals surface area contributed by atoms with Crippen LogP contribution in [0.4, 0.5) is 0 Å². The van der Waals surface area contributed by atoms with Gasteiger partial charge in [0.1, 0.15) is 5.75 Å². The Morgan fingerprint density at radius 1 is 1.10 bits per heavy atom. The van der Waals surface area contributed by atoms with Crippen molar-refractivity contribution in [2.45, 2.75) is 19.9 Å². The average molecular weight is 369 g/mol. The molecule has 0 saturated carbocycles. The van der Waals surface area contributed by atoms with E-state index in [0.717, 1.165) is 10.0 Å². The highest BCUT2D eigenvalue weighted by Crippen LogP contribution is 2.32. The van der Waals surface area contributed by atoms with Crippen LogP contribution in [0.2, 0.25) is 5.02 Å². The summed E-state index contributed by atoms with van der Waals surface area (Å²) in [6.07, 6.45) is 0. The second-order valence-electron chi connectivity index (χ2n) is 5.08. The standard InChI is InChI=1S/C17H19BrClNO/c1-10-7-13(8-11(2)16(10)18)17(20-3)12-5-6-14(19)15(9-12)21-4/h5-9,17,20H,1-4H3. The molecule has 0 heterocycles. The summed E-state index contributed by atoms with van der Waals surface area (Å²) in [5.74, 6) is 0.694. The van der Waals surface area contributed by atoms with Gasteiger partial charge >= 0.3 is 0 Å². The van der Waals surface area contributed by atoms with Crippen molar-refractivity contribution in [1.82, 2.24) is 5.32 Å². The molecule has 21 heavy (non-hydrogen) atoms. The first-order valence-corrected chi connectivity index (χ1v) is 7.92. The van der Waals surface area contributed by atoms with Crippen LogP contribution < -0.4 is 10.1 Å². The Morgan fingerprint density at radius 2 is 1.71 bits per heavy atom. The maximum Gasteiger partial charge on any atom is 0.137 e. The van der Waals surface area contributed by atoms with E-state index in [0.29, 0.717) is 10.8 Å². The van der Waals surface area contributed by atoms with E-state index in [1.807, 2.05) is 25.2 Å². The second kappa shape index (κ2) is 6.82. The molecule has 0 radical (unpaired) electrons. The fourth-order valence-corrected chi connectivity index (χ4v) is 2.95. The zero-order valence-electron chi connectivity index (χ0n) is 12.6. The van der Waals surface area contributed by atoms with Gasteiger partial charge in [-0.2, -0.15) is 0 Å². The molecule has 0 amide bonds. The van der Waals surface area contributed by atoms with Gasteiger partial charge in [-0.25, -0.2) is 0 Å². The van der Waals surface area contributed by atoms with E-state index in [-0.39, 0.29) is 6.04 Å². The van der Waals surface area contributed by atoms with Crippen LogP contribution in [0.25, 0.3) is 0 Å². The third kappa shape index (κ3) is 3.42. The van der Waals surface area contributed by atoms with Crippen molar-refractivity contribution in [2.75, 3.05) is 14.2 Å². The molecule has 0 aliphatic rings. The van der Waals surface area contributed by atoms with Crippen LogP contribution in [0.1, 0.15) is 28.3 Å². The number of nitrogens with one attached hydrogen (secondary N) is 1. The molecule has 1 unspecified atom stereocenters. The Kier molecular flexibility index (Phi) is 5.31. The largest absolute Gasteiger partial charge is 0.495 e. The van der Waals surface area contributed by atoms with Crippen molar-refractivity contribution < 1.29 is 4.74 Å². The zero-order valence-corrected chi connectivity index (χ0v) is 15.0. The van der Waals surface area contributed by atoms with E-state index in [4.69, 9.17) is 16.3 Å². The summed E-state index contributed by atoms with van der Waals surface area (Å²) in [6.45, 7) is 4.21. The minimum absolute atomic E-state index is 0.0988. The zero-order chi connectivity index (χ0) is 15.6. The molecule has 2 nitrogen and oxygen atoms in total. The number of hydrogen-bond donors (Lipinski definition) is 1. The monoisotopic (exact) mass is 367 g/mol. The van der Waals surface area contributed by atoms with Gasteiger partial charge in [-0.3, -0.25) is 0 Å². The van der Waals surface area contributed by atoms with Gasteiger partial charge in [-0.1, -0.05) is 45.7 Å². The lowest BCUT2D eigenvalue weighted by Crippen LogP contribution is -2.18. The van der Waals surface area contributed by atoms with Gasteiger partial charge in [-0.05, 0) is 55.3 Å². The summed E-state index contributed by atoms with van der Waals surface area (Å²) in [6, 6.07) is 10.4. The summed E-state index contributed by atoms with van der Waals surface area (Å²) in [5.41, 5.74) is 4.80. The predicted octanol–water partition coefficient (Wildman–Crippen LogP) is 5.04. The Balaban J connectivity index is 2.49. The molecule has 0 spiro atoms. The van der Waals surface area contributed by atoms with Crippen LogP contribution >= 0.6 is 27.5 Å². The second-order valence-corrected chi connectivity index (χ2v) is 6.28. The Morgan fingerprint density at radius 3 is 2.24 bits per heavy atom. The third-order valence-corrected chi connectivity index (χ3v) is 5.15. The summed E-state index contributed by atoms with van der Waals surface area (Å²) < 4.78 is 6.48. The van der Waals surface area contributed by atoms with Gasteiger partial charge in [0.2, 0.25) is 0 Å². The fourth-order valence-electron chi connectivity index (χ4n) is 2.53. The van der Waals surface area contributed by atoms with Gasteiger partial charge in [0, 0.05) is 4.47 Å². The first kappa shape index (κ1) is 16.3. The van der Waals surface area contributed by atoms with Crippen LogP contribution in [0.15, 0.2) is 34.8 Å². The van der Waals surface area contributed by atoms with Crippen molar-refractivity contribution in [1.29, 1.82) is 0 Å². The summed E-state index contributed by atoms with van der Waals surface area (Å²) in [7, 11) is 3.59. The highest BCUT2D eigenvalue weighted by atomic mass is 79.9. The van der Waals surface area contributed by atoms with Crippen molar-refractivity contribution in [3.05, 3.63) is 62.1 Å². The molecule has 2 aromatic rings. The molecule has 0 aliphatic heterocycles. The first-order valence-electron chi connectivity index (χ1n) is 6.75. The van der Waals surface area contributed by atoms with Gasteiger partial charge in [-0.15, -0.1) is 0 Å². The quantitative estimate of drug-likeness (QED) is 0.816.